The van der Waals surface area contributed by atoms with Gasteiger partial charge >= 0.3 is 17.9 Å². The summed E-state index contributed by atoms with van der Waals surface area (Å²) in [6.45, 7) is 8.61. The highest BCUT2D eigenvalue weighted by Gasteiger charge is 2.16. The average molecular weight is 1230 g/mol. The van der Waals surface area contributed by atoms with Crippen LogP contribution in [0.4, 0.5) is 0 Å². The molecule has 0 aliphatic rings. The quantitative estimate of drug-likeness (QED) is 0.0162. The molecule has 0 saturated heterocycles. The van der Waals surface area contributed by atoms with E-state index in [4.69, 9.17) is 10.2 Å². The molecule has 0 atom stereocenters. The van der Waals surface area contributed by atoms with Gasteiger partial charge in [-0.3, -0.25) is 14.4 Å². The van der Waals surface area contributed by atoms with E-state index in [9.17, 15) is 49.2 Å². The van der Waals surface area contributed by atoms with E-state index in [0.717, 1.165) is 38.5 Å². The van der Waals surface area contributed by atoms with E-state index in [1.165, 1.54) is 203 Å². The third kappa shape index (κ3) is 28.1. The number of carboxylic acid groups (broad SMARTS) is 3. The van der Waals surface area contributed by atoms with Crippen LogP contribution in [0, 0.1) is 0 Å². The molecule has 0 bridgehead atoms. The summed E-state index contributed by atoms with van der Waals surface area (Å²) in [6, 6.07) is 23.6. The first-order chi connectivity index (χ1) is 43.1. The first-order valence-corrected chi connectivity index (χ1v) is 33.4. The van der Waals surface area contributed by atoms with E-state index in [2.05, 4.69) is 36.7 Å². The van der Waals surface area contributed by atoms with Crippen molar-refractivity contribution in [2.45, 2.75) is 226 Å². The summed E-state index contributed by atoms with van der Waals surface area (Å²) in [5.74, 6) is -4.89. The molecule has 0 saturated carbocycles. The highest BCUT2D eigenvalue weighted by Crippen LogP contribution is 2.29. The molecular formula is C74H103N3O12. The van der Waals surface area contributed by atoms with Crippen LogP contribution >= 0.6 is 0 Å². The van der Waals surface area contributed by atoms with Crippen LogP contribution in [0.25, 0.3) is 32.3 Å². The number of aromatic carboxylic acids is 3. The molecule has 6 aromatic carbocycles. The summed E-state index contributed by atoms with van der Waals surface area (Å²) < 4.78 is 0. The van der Waals surface area contributed by atoms with E-state index in [0.29, 0.717) is 68.6 Å². The Bertz CT molecular complexity index is 3140. The van der Waals surface area contributed by atoms with E-state index >= 15 is 0 Å². The molecule has 0 radical (unpaired) electrons. The van der Waals surface area contributed by atoms with Gasteiger partial charge in [-0.15, -0.1) is 0 Å². The molecular weight excluding hydrogens is 1120 g/mol. The topological polar surface area (TPSA) is 260 Å². The summed E-state index contributed by atoms with van der Waals surface area (Å²) in [5, 5.41) is 69.4. The van der Waals surface area contributed by atoms with Crippen LogP contribution in [0.15, 0.2) is 91.0 Å². The number of benzene rings is 6. The highest BCUT2D eigenvalue weighted by atomic mass is 16.4. The third-order valence-corrected chi connectivity index (χ3v) is 16.3. The fourth-order valence-corrected chi connectivity index (χ4v) is 10.9. The zero-order valence-electron chi connectivity index (χ0n) is 53.5. The third-order valence-electron chi connectivity index (χ3n) is 16.3. The zero-order valence-corrected chi connectivity index (χ0v) is 53.5. The molecule has 3 amide bonds. The van der Waals surface area contributed by atoms with Crippen LogP contribution in [-0.4, -0.2) is 85.9 Å². The Balaban J connectivity index is 0.000000289. The first kappa shape index (κ1) is 73.8. The SMILES string of the molecule is CCCCCCCCCCCCCCCCCCNC(=O)c1ccc2cc(O)c(C(=O)O)cc2c1.CCCCCCCCCCCCNC(=O)c1ccc2cc(O)c(C(=O)O)cc2c1.CCCCCCCCNC(=O)c1ccc2cc(O)c(C(=O)O)cc2c1. The van der Waals surface area contributed by atoms with Gasteiger partial charge in [-0.25, -0.2) is 14.4 Å². The van der Waals surface area contributed by atoms with Crippen molar-refractivity contribution < 1.29 is 59.4 Å². The number of rotatable bonds is 41. The predicted octanol–water partition coefficient (Wildman–Crippen LogP) is 18.5. The van der Waals surface area contributed by atoms with Gasteiger partial charge in [0.15, 0.2) is 0 Å². The van der Waals surface area contributed by atoms with Crippen LogP contribution in [-0.2, 0) is 0 Å². The molecule has 6 aromatic rings. The second kappa shape index (κ2) is 43.1. The molecule has 486 valence electrons. The van der Waals surface area contributed by atoms with Crippen LogP contribution in [0.3, 0.4) is 0 Å². The zero-order chi connectivity index (χ0) is 64.6. The maximum Gasteiger partial charge on any atom is 0.339 e. The monoisotopic (exact) mass is 1230 g/mol. The van der Waals surface area contributed by atoms with Crippen LogP contribution in [0.2, 0.25) is 0 Å². The van der Waals surface area contributed by atoms with Crippen molar-refractivity contribution >= 4 is 67.9 Å². The number of carboxylic acids is 3. The highest BCUT2D eigenvalue weighted by molar-refractivity contribution is 6.04. The second-order valence-electron chi connectivity index (χ2n) is 23.7. The molecule has 0 spiro atoms. The fourth-order valence-electron chi connectivity index (χ4n) is 10.9. The summed E-state index contributed by atoms with van der Waals surface area (Å²) in [7, 11) is 0. The van der Waals surface area contributed by atoms with Gasteiger partial charge < -0.3 is 46.6 Å². The lowest BCUT2D eigenvalue weighted by Gasteiger charge is -2.08. The summed E-state index contributed by atoms with van der Waals surface area (Å²) in [6.07, 6.45) is 40.7. The van der Waals surface area contributed by atoms with Gasteiger partial charge in [0.2, 0.25) is 0 Å². The second-order valence-corrected chi connectivity index (χ2v) is 23.7. The van der Waals surface area contributed by atoms with Gasteiger partial charge in [-0.2, -0.15) is 0 Å². The van der Waals surface area contributed by atoms with Gasteiger partial charge in [0, 0.05) is 36.3 Å². The minimum Gasteiger partial charge on any atom is -0.507 e. The summed E-state index contributed by atoms with van der Waals surface area (Å²) in [4.78, 5) is 70.6. The largest absolute Gasteiger partial charge is 0.507 e. The summed E-state index contributed by atoms with van der Waals surface area (Å²) in [5.41, 5.74) is 0.976. The Hall–Kier alpha value is -7.68. The fraction of sp³-hybridized carbons (Fsp3) is 0.514. The van der Waals surface area contributed by atoms with Gasteiger partial charge in [-0.05, 0) is 124 Å². The average Bonchev–Trinajstić information content (AvgIpc) is 1.97. The Labute approximate surface area is 528 Å². The molecule has 0 aromatic heterocycles. The number of carbonyl (C=O) groups is 6. The van der Waals surface area contributed by atoms with E-state index < -0.39 is 17.9 Å². The van der Waals surface area contributed by atoms with Crippen molar-refractivity contribution in [1.29, 1.82) is 0 Å². The lowest BCUT2D eigenvalue weighted by Crippen LogP contribution is -2.24. The number of hydrogen-bond acceptors (Lipinski definition) is 9. The van der Waals surface area contributed by atoms with E-state index in [1.807, 2.05) is 0 Å². The minimum absolute atomic E-state index is 0.155. The Morgan fingerprint density at radius 3 is 0.674 bits per heavy atom. The van der Waals surface area contributed by atoms with Crippen LogP contribution < -0.4 is 16.0 Å². The lowest BCUT2D eigenvalue weighted by atomic mass is 10.0. The summed E-state index contributed by atoms with van der Waals surface area (Å²) >= 11 is 0. The molecule has 0 aliphatic carbocycles. The predicted molar refractivity (Wildman–Crippen MR) is 359 cm³/mol. The number of phenols is 3. The maximum absolute atomic E-state index is 12.5. The normalized spacial score (nSPS) is 11.0. The molecule has 0 fully saturated rings. The number of hydrogen-bond donors (Lipinski definition) is 9. The number of fused-ring (bicyclic) bond motifs is 3. The minimum atomic E-state index is -1.20. The van der Waals surface area contributed by atoms with Crippen molar-refractivity contribution in [2.24, 2.45) is 0 Å². The van der Waals surface area contributed by atoms with Crippen molar-refractivity contribution in [1.82, 2.24) is 16.0 Å². The molecule has 89 heavy (non-hydrogen) atoms. The number of amides is 3. The van der Waals surface area contributed by atoms with Crippen LogP contribution in [0.1, 0.15) is 288 Å². The standard InChI is InChI=1S/C30H45NO4.C24H33NO4.C20H25NO4/c1-2-3-4-5-6-7-8-9-10-11-12-13-14-15-16-17-20-31-29(33)25-19-18-24-23-28(32)27(30(34)35)22-26(24)21-25;1-2-3-4-5-6-7-8-9-10-11-14-25-23(27)19-13-12-18-17-22(26)21(24(28)29)16-20(18)15-19;1-2-3-4-5-6-7-10-21-19(23)15-9-8-14-13-18(22)17(20(24)25)12-16(14)11-15/h18-19,21-23,32H,2-17,20H2,1H3,(H,31,33)(H,34,35);12-13,15-17,26H,2-11,14H2,1H3,(H,25,27)(H,28,29);8-9,11-13,22H,2-7,10H2,1H3,(H,21,23)(H,24,25). The molecule has 0 heterocycles. The van der Waals surface area contributed by atoms with Gasteiger partial charge in [0.1, 0.15) is 33.9 Å². The molecule has 0 unspecified atom stereocenters. The van der Waals surface area contributed by atoms with Gasteiger partial charge in [-0.1, -0.05) is 225 Å². The molecule has 0 aliphatic heterocycles. The van der Waals surface area contributed by atoms with Gasteiger partial charge in [0.05, 0.1) is 0 Å². The smallest absolute Gasteiger partial charge is 0.339 e. The van der Waals surface area contributed by atoms with Gasteiger partial charge in [0.25, 0.3) is 17.7 Å². The molecule has 15 heteroatoms. The Kier molecular flexibility index (Phi) is 35.7. The molecule has 9 N–H and O–H groups in total. The van der Waals surface area contributed by atoms with E-state index in [1.54, 1.807) is 54.6 Å². The van der Waals surface area contributed by atoms with Crippen molar-refractivity contribution in [3.63, 3.8) is 0 Å². The molecule has 6 rings (SSSR count). The van der Waals surface area contributed by atoms with E-state index in [-0.39, 0.29) is 51.7 Å². The number of nitrogens with one attached hydrogen (secondary N) is 3. The van der Waals surface area contributed by atoms with Crippen molar-refractivity contribution in [3.8, 4) is 17.2 Å². The maximum atomic E-state index is 12.5. The first-order valence-electron chi connectivity index (χ1n) is 33.4. The van der Waals surface area contributed by atoms with Crippen LogP contribution in [0.5, 0.6) is 17.2 Å². The number of carbonyl (C=O) groups excluding carboxylic acids is 3. The van der Waals surface area contributed by atoms with Crippen molar-refractivity contribution in [3.05, 3.63) is 124 Å². The Morgan fingerprint density at radius 2 is 0.472 bits per heavy atom. The Morgan fingerprint density at radius 1 is 0.270 bits per heavy atom. The molecule has 15 nitrogen and oxygen atoms in total. The number of unbranched alkanes of at least 4 members (excludes halogenated alkanes) is 29. The van der Waals surface area contributed by atoms with Crippen molar-refractivity contribution in [2.75, 3.05) is 19.6 Å². The number of aromatic hydroxyl groups is 3. The lowest BCUT2D eigenvalue weighted by molar-refractivity contribution is 0.0682.